The van der Waals surface area contributed by atoms with Gasteiger partial charge in [-0.15, -0.1) is 0 Å². The monoisotopic (exact) mass is 494 g/mol. The number of carbonyl (C=O) groups excluding carboxylic acids is 4. The predicted molar refractivity (Wildman–Crippen MR) is 137 cm³/mol. The molecule has 0 spiro atoms. The van der Waals surface area contributed by atoms with Crippen molar-refractivity contribution >= 4 is 29.3 Å². The maximum Gasteiger partial charge on any atom is 0.260 e. The molecule has 0 fully saturated rings. The number of benzene rings is 3. The van der Waals surface area contributed by atoms with Crippen molar-refractivity contribution in [2.75, 3.05) is 18.5 Å². The van der Waals surface area contributed by atoms with E-state index < -0.39 is 12.2 Å². The Bertz CT molecular complexity index is 1450. The third-order valence-electron chi connectivity index (χ3n) is 7.57. The van der Waals surface area contributed by atoms with Crippen LogP contribution in [-0.2, 0) is 22.6 Å². The average molecular weight is 495 g/mol. The molecule has 0 saturated heterocycles. The molecule has 3 heterocycles. The summed E-state index contributed by atoms with van der Waals surface area (Å²) in [5.41, 5.74) is 4.38. The zero-order chi connectivity index (χ0) is 25.7. The van der Waals surface area contributed by atoms with Gasteiger partial charge in [0.15, 0.2) is 0 Å². The fourth-order valence-corrected chi connectivity index (χ4v) is 5.75. The zero-order valence-electron chi connectivity index (χ0n) is 20.4. The van der Waals surface area contributed by atoms with Crippen LogP contribution in [0.1, 0.15) is 50.0 Å². The summed E-state index contributed by atoms with van der Waals surface area (Å²) in [6.45, 7) is 0.453. The second kappa shape index (κ2) is 8.89. The summed E-state index contributed by atoms with van der Waals surface area (Å²) in [6, 6.07) is 21.6. The van der Waals surface area contributed by atoms with Gasteiger partial charge in [0.2, 0.25) is 11.8 Å². The predicted octanol–water partition coefficient (Wildman–Crippen LogP) is 2.89. The lowest BCUT2D eigenvalue weighted by Gasteiger charge is -2.41. The van der Waals surface area contributed by atoms with E-state index in [0.29, 0.717) is 29.8 Å². The van der Waals surface area contributed by atoms with Gasteiger partial charge in [0, 0.05) is 44.1 Å². The summed E-state index contributed by atoms with van der Waals surface area (Å²) in [5, 5.41) is 2.68. The molecule has 6 rings (SSSR count). The van der Waals surface area contributed by atoms with Gasteiger partial charge < -0.3 is 15.1 Å². The van der Waals surface area contributed by atoms with Gasteiger partial charge in [0.25, 0.3) is 11.8 Å². The first-order valence-corrected chi connectivity index (χ1v) is 12.4. The van der Waals surface area contributed by atoms with Crippen LogP contribution in [0.5, 0.6) is 0 Å². The molecule has 186 valence electrons. The Labute approximate surface area is 214 Å². The first kappa shape index (κ1) is 23.0. The van der Waals surface area contributed by atoms with Crippen molar-refractivity contribution in [1.29, 1.82) is 0 Å². The number of nitrogens with one attached hydrogen (secondary N) is 1. The number of amides is 4. The molecule has 3 aliphatic rings. The lowest BCUT2D eigenvalue weighted by Crippen LogP contribution is -2.53. The molecule has 1 N–H and O–H groups in total. The minimum Gasteiger partial charge on any atom is -0.357 e. The topological polar surface area (TPSA) is 90.0 Å². The van der Waals surface area contributed by atoms with E-state index in [0.717, 1.165) is 16.7 Å². The molecule has 2 unspecified atom stereocenters. The van der Waals surface area contributed by atoms with Gasteiger partial charge in [-0.3, -0.25) is 24.1 Å². The zero-order valence-corrected chi connectivity index (χ0v) is 20.4. The molecule has 0 bridgehead atoms. The molecule has 0 radical (unpaired) electrons. The molecule has 3 aliphatic heterocycles. The lowest BCUT2D eigenvalue weighted by atomic mass is 9.93. The number of anilines is 1. The van der Waals surface area contributed by atoms with E-state index in [2.05, 4.69) is 5.32 Å². The Hall–Kier alpha value is -4.46. The van der Waals surface area contributed by atoms with Crippen molar-refractivity contribution < 1.29 is 19.2 Å². The molecule has 0 aliphatic carbocycles. The van der Waals surface area contributed by atoms with Crippen LogP contribution in [0.3, 0.4) is 0 Å². The second-order valence-electron chi connectivity index (χ2n) is 9.53. The first-order chi connectivity index (χ1) is 18.0. The van der Waals surface area contributed by atoms with Crippen LogP contribution in [-0.4, -0.2) is 53.1 Å². The summed E-state index contributed by atoms with van der Waals surface area (Å²) in [5.74, 6) is -0.809. The first-order valence-electron chi connectivity index (χ1n) is 12.4. The van der Waals surface area contributed by atoms with E-state index in [1.165, 1.54) is 0 Å². The maximum absolute atomic E-state index is 13.6. The van der Waals surface area contributed by atoms with E-state index in [-0.39, 0.29) is 36.6 Å². The van der Waals surface area contributed by atoms with E-state index in [1.807, 2.05) is 48.5 Å². The quantitative estimate of drug-likeness (QED) is 0.604. The average Bonchev–Trinajstić information content (AvgIpc) is 3.24. The number of carbonyl (C=O) groups is 4. The Morgan fingerprint density at radius 2 is 1.54 bits per heavy atom. The minimum atomic E-state index is -0.615. The molecule has 3 aromatic carbocycles. The molecule has 0 saturated carbocycles. The summed E-state index contributed by atoms with van der Waals surface area (Å²) in [6.07, 6.45) is -0.143. The van der Waals surface area contributed by atoms with Crippen LogP contribution in [0.15, 0.2) is 72.8 Å². The van der Waals surface area contributed by atoms with Gasteiger partial charge in [-0.05, 0) is 29.3 Å². The Balaban J connectivity index is 1.30. The van der Waals surface area contributed by atoms with E-state index in [1.54, 1.807) is 46.0 Å². The van der Waals surface area contributed by atoms with Gasteiger partial charge >= 0.3 is 0 Å². The Morgan fingerprint density at radius 3 is 2.32 bits per heavy atom. The van der Waals surface area contributed by atoms with Crippen molar-refractivity contribution in [2.24, 2.45) is 0 Å². The van der Waals surface area contributed by atoms with Crippen molar-refractivity contribution in [2.45, 2.75) is 31.6 Å². The smallest absolute Gasteiger partial charge is 0.260 e. The Kier molecular flexibility index (Phi) is 5.52. The normalized spacial score (nSPS) is 19.6. The van der Waals surface area contributed by atoms with Crippen LogP contribution in [0.4, 0.5) is 5.69 Å². The van der Waals surface area contributed by atoms with Gasteiger partial charge in [0.1, 0.15) is 12.2 Å². The molecule has 8 heteroatoms. The molecule has 4 amide bonds. The molecule has 37 heavy (non-hydrogen) atoms. The third-order valence-corrected chi connectivity index (χ3v) is 7.57. The molecule has 0 aromatic heterocycles. The van der Waals surface area contributed by atoms with Gasteiger partial charge in [0.05, 0.1) is 11.3 Å². The van der Waals surface area contributed by atoms with Crippen LogP contribution in [0.25, 0.3) is 0 Å². The van der Waals surface area contributed by atoms with Gasteiger partial charge in [-0.25, -0.2) is 0 Å². The van der Waals surface area contributed by atoms with Crippen LogP contribution >= 0.6 is 0 Å². The third kappa shape index (κ3) is 3.59. The Morgan fingerprint density at radius 1 is 0.865 bits per heavy atom. The van der Waals surface area contributed by atoms with E-state index in [4.69, 9.17) is 0 Å². The molecule has 3 aromatic rings. The van der Waals surface area contributed by atoms with Crippen molar-refractivity contribution in [3.05, 3.63) is 101 Å². The largest absolute Gasteiger partial charge is 0.357 e. The number of rotatable bonds is 4. The molecule has 2 atom stereocenters. The highest BCUT2D eigenvalue weighted by Gasteiger charge is 2.47. The van der Waals surface area contributed by atoms with Crippen LogP contribution in [0, 0.1) is 0 Å². The molecular weight excluding hydrogens is 468 g/mol. The van der Waals surface area contributed by atoms with Crippen molar-refractivity contribution in [3.63, 3.8) is 0 Å². The lowest BCUT2D eigenvalue weighted by molar-refractivity contribution is -0.141. The van der Waals surface area contributed by atoms with E-state index >= 15 is 0 Å². The fourth-order valence-electron chi connectivity index (χ4n) is 5.75. The standard InChI is InChI=1S/C29H26N4O4/c1-30-26(35)24-16-18-8-2-3-9-19(18)17-32(24)25(34)14-15-31-27-20-10-4-5-11-21(20)29(37)33(27)23-13-7-6-12-22(23)28(31)36/h2-13,24,27H,14-17H2,1H3,(H,30,35). The fraction of sp³-hybridized carbons (Fsp3) is 0.241. The highest BCUT2D eigenvalue weighted by molar-refractivity contribution is 6.16. The molecule has 8 nitrogen and oxygen atoms in total. The summed E-state index contributed by atoms with van der Waals surface area (Å²) in [4.78, 5) is 58.1. The maximum atomic E-state index is 13.6. The number of likely N-dealkylation sites (N-methyl/N-ethyl adjacent to an activating group) is 1. The second-order valence-corrected chi connectivity index (χ2v) is 9.53. The van der Waals surface area contributed by atoms with Gasteiger partial charge in [-0.2, -0.15) is 0 Å². The van der Waals surface area contributed by atoms with Crippen LogP contribution in [0.2, 0.25) is 0 Å². The number of nitrogens with zero attached hydrogens (tertiary/aromatic N) is 3. The highest BCUT2D eigenvalue weighted by atomic mass is 16.2. The number of hydrogen-bond donors (Lipinski definition) is 1. The van der Waals surface area contributed by atoms with E-state index in [9.17, 15) is 19.2 Å². The van der Waals surface area contributed by atoms with Gasteiger partial charge in [-0.1, -0.05) is 54.6 Å². The van der Waals surface area contributed by atoms with Crippen LogP contribution < -0.4 is 10.2 Å². The highest BCUT2D eigenvalue weighted by Crippen LogP contribution is 2.45. The number of fused-ring (bicyclic) bond motifs is 6. The summed E-state index contributed by atoms with van der Waals surface area (Å²) >= 11 is 0. The number of hydrogen-bond acceptors (Lipinski definition) is 4. The van der Waals surface area contributed by atoms with Crippen molar-refractivity contribution in [1.82, 2.24) is 15.1 Å². The van der Waals surface area contributed by atoms with Crippen molar-refractivity contribution in [3.8, 4) is 0 Å². The number of para-hydroxylation sites is 1. The minimum absolute atomic E-state index is 0.0320. The SMILES string of the molecule is CNC(=O)C1Cc2ccccc2CN1C(=O)CCN1C(=O)c2ccccc2N2C(=O)c3ccccc3C12. The summed E-state index contributed by atoms with van der Waals surface area (Å²) in [7, 11) is 1.57. The summed E-state index contributed by atoms with van der Waals surface area (Å²) < 4.78 is 0. The molecular formula is C29H26N4O4.